The maximum Gasteiger partial charge on any atom is 0.243 e. The summed E-state index contributed by atoms with van der Waals surface area (Å²) >= 11 is 11.5. The van der Waals surface area contributed by atoms with E-state index in [-0.39, 0.29) is 19.8 Å². The zero-order valence-electron chi connectivity index (χ0n) is 37.2. The minimum atomic E-state index is -4.18. The molecule has 0 saturated carbocycles. The van der Waals surface area contributed by atoms with E-state index in [0.29, 0.717) is 21.2 Å². The Morgan fingerprint density at radius 2 is 0.817 bits per heavy atom. The van der Waals surface area contributed by atoms with Gasteiger partial charge in [0, 0.05) is 45.2 Å². The van der Waals surface area contributed by atoms with Gasteiger partial charge in [-0.1, -0.05) is 109 Å². The molecule has 12 aromatic rings. The predicted molar refractivity (Wildman–Crippen MR) is 276 cm³/mol. The van der Waals surface area contributed by atoms with E-state index in [2.05, 4.69) is 153 Å². The molecule has 0 fully saturated rings. The molecular weight excluding hydrogens is 964 g/mol. The second-order valence-electron chi connectivity index (χ2n) is 18.0. The van der Waals surface area contributed by atoms with Crippen LogP contribution >= 0.6 is 11.6 Å². The van der Waals surface area contributed by atoms with Gasteiger partial charge in [-0.15, -0.1) is 0 Å². The van der Waals surface area contributed by atoms with Crippen LogP contribution in [0.4, 0.5) is 0 Å². The first-order valence-corrected chi connectivity index (χ1v) is 26.6. The number of rotatable bonds is 6. The summed E-state index contributed by atoms with van der Waals surface area (Å²) < 4.78 is 63.2. The summed E-state index contributed by atoms with van der Waals surface area (Å²) in [7, 11) is -8.35. The van der Waals surface area contributed by atoms with Gasteiger partial charge >= 0.3 is 0 Å². The maximum atomic E-state index is 14.7. The lowest BCUT2D eigenvalue weighted by Crippen LogP contribution is -2.26. The van der Waals surface area contributed by atoms with Crippen molar-refractivity contribution in [2.24, 2.45) is 0 Å². The molecular formula is C59H35Cl2N4O4S2+. The van der Waals surface area contributed by atoms with Crippen molar-refractivity contribution in [2.75, 3.05) is 0 Å². The molecule has 0 atom stereocenters. The van der Waals surface area contributed by atoms with E-state index in [9.17, 15) is 16.8 Å². The van der Waals surface area contributed by atoms with Crippen molar-refractivity contribution in [1.29, 1.82) is 0 Å². The summed E-state index contributed by atoms with van der Waals surface area (Å²) in [4.78, 5) is 8.60. The molecule has 0 N–H and O–H groups in total. The van der Waals surface area contributed by atoms with E-state index >= 15 is 0 Å². The SMILES string of the molecule is O=S(=O)(c1ccc2c(c1)C1(c3ccc(-n4c5ccccc5c5ccccc54)cc3-c3cc(-n4c5ccccc5c5ccccc54)ccc31)c1cc(S(=O)(=O)c3ccc([ClH+])cn3)ccc1-2)c1ccc(Cl)cn1. The number of hydrogen-bond acceptors (Lipinski definition) is 6. The van der Waals surface area contributed by atoms with Crippen LogP contribution in [0.15, 0.2) is 226 Å². The quantitative estimate of drug-likeness (QED) is 0.164. The van der Waals surface area contributed by atoms with Gasteiger partial charge in [0.1, 0.15) is 0 Å². The van der Waals surface area contributed by atoms with Crippen molar-refractivity contribution in [3.8, 4) is 33.6 Å². The Kier molecular flexibility index (Phi) is 8.93. The molecule has 8 nitrogen and oxygen atoms in total. The summed E-state index contributed by atoms with van der Waals surface area (Å²) in [5.41, 5.74) is 11.4. The molecule has 1 spiro atoms. The molecule has 0 aliphatic heterocycles. The second kappa shape index (κ2) is 15.1. The zero-order chi connectivity index (χ0) is 48.0. The topological polar surface area (TPSA) is 104 Å². The smallest absolute Gasteiger partial charge is 0.243 e. The standard InChI is InChI=1S/C59H35Cl2N4O4S2/c60-35-17-27-57(62-33-35)70(66,67)39-21-23-41-42-24-22-40(71(68,69)58-28-18-36(61)34-63-58)32-52(42)59(51(41)31-39)49-25-19-37(64-53-13-5-1-9-43(53)44-10-2-6-14-54(44)64)29-47(49)48-30-38(20-26-50(48)59)65-55-15-7-3-11-45(55)46-12-4-8-16-56(46)65/h1-34,60H/q+1. The first-order chi connectivity index (χ1) is 34.5. The molecule has 0 saturated heterocycles. The number of aromatic nitrogens is 4. The Bertz CT molecular complexity index is 4130. The van der Waals surface area contributed by atoms with Gasteiger partial charge in [0.2, 0.25) is 24.7 Å². The number of fused-ring (bicyclic) bond motifs is 16. The summed E-state index contributed by atoms with van der Waals surface area (Å²) in [5, 5.41) is 4.98. The van der Waals surface area contributed by atoms with Crippen molar-refractivity contribution in [3.05, 3.63) is 239 Å². The third kappa shape index (κ3) is 5.84. The van der Waals surface area contributed by atoms with Crippen molar-refractivity contribution < 1.29 is 28.4 Å². The fourth-order valence-electron chi connectivity index (χ4n) is 11.5. The zero-order valence-corrected chi connectivity index (χ0v) is 40.4. The van der Waals surface area contributed by atoms with Gasteiger partial charge in [0.15, 0.2) is 21.7 Å². The molecule has 4 heterocycles. The number of halogens is 2. The van der Waals surface area contributed by atoms with Gasteiger partial charge in [0.25, 0.3) is 0 Å². The molecule has 0 bridgehead atoms. The van der Waals surface area contributed by atoms with Crippen LogP contribution in [-0.2, 0) is 25.1 Å². The maximum absolute atomic E-state index is 14.7. The number of pyridine rings is 2. The number of sulfone groups is 2. The third-order valence-electron chi connectivity index (χ3n) is 14.4. The third-order valence-corrected chi connectivity index (χ3v) is 18.2. The summed E-state index contributed by atoms with van der Waals surface area (Å²) in [5.74, 6) is 0. The van der Waals surface area contributed by atoms with Gasteiger partial charge in [-0.05, 0) is 136 Å². The largest absolute Gasteiger partial charge is 0.309 e. The average molecular weight is 999 g/mol. The normalized spacial score (nSPS) is 13.5. The van der Waals surface area contributed by atoms with E-state index in [1.54, 1.807) is 30.3 Å². The average Bonchev–Trinajstić information content (AvgIpc) is 4.10. The van der Waals surface area contributed by atoms with Crippen LogP contribution in [0, 0.1) is 11.6 Å². The van der Waals surface area contributed by atoms with Crippen LogP contribution in [0.25, 0.3) is 77.2 Å². The highest BCUT2D eigenvalue weighted by atomic mass is 35.5. The molecule has 340 valence electrons. The summed E-state index contributed by atoms with van der Waals surface area (Å²) in [6, 6.07) is 62.9. The number of hydrogen-bond donors (Lipinski definition) is 0. The Morgan fingerprint density at radius 1 is 0.408 bits per heavy atom. The minimum Gasteiger partial charge on any atom is -0.309 e. The molecule has 0 amide bonds. The molecule has 12 heteroatoms. The van der Waals surface area contributed by atoms with Crippen LogP contribution in [0.3, 0.4) is 0 Å². The van der Waals surface area contributed by atoms with Crippen LogP contribution in [0.2, 0.25) is 10.0 Å². The van der Waals surface area contributed by atoms with Crippen molar-refractivity contribution in [3.63, 3.8) is 0 Å². The first-order valence-electron chi connectivity index (χ1n) is 22.8. The van der Waals surface area contributed by atoms with Gasteiger partial charge in [-0.25, -0.2) is 26.8 Å². The van der Waals surface area contributed by atoms with Crippen LogP contribution < -0.4 is 0 Å². The lowest BCUT2D eigenvalue weighted by atomic mass is 9.70. The molecule has 2 aliphatic rings. The molecule has 0 radical (unpaired) electrons. The van der Waals surface area contributed by atoms with E-state index in [1.807, 2.05) is 12.1 Å². The van der Waals surface area contributed by atoms with Gasteiger partial charge in [-0.3, -0.25) is 0 Å². The predicted octanol–water partition coefficient (Wildman–Crippen LogP) is 13.0. The molecule has 14 rings (SSSR count). The minimum absolute atomic E-state index is 0.0399. The first kappa shape index (κ1) is 42.1. The van der Waals surface area contributed by atoms with Crippen LogP contribution in [0.1, 0.15) is 22.3 Å². The van der Waals surface area contributed by atoms with Gasteiger partial charge in [0.05, 0.1) is 48.5 Å². The molecule has 4 aromatic heterocycles. The Labute approximate surface area is 417 Å². The number of para-hydroxylation sites is 4. The molecule has 0 unspecified atom stereocenters. The van der Waals surface area contributed by atoms with Gasteiger partial charge in [-0.2, -0.15) is 0 Å². The van der Waals surface area contributed by atoms with E-state index < -0.39 is 25.1 Å². The van der Waals surface area contributed by atoms with Crippen molar-refractivity contribution >= 4 is 74.9 Å². The highest BCUT2D eigenvalue weighted by Gasteiger charge is 2.53. The number of benzene rings is 8. The summed E-state index contributed by atoms with van der Waals surface area (Å²) in [6.07, 6.45) is 2.70. The fourth-order valence-corrected chi connectivity index (χ4v) is 14.1. The van der Waals surface area contributed by atoms with E-state index in [0.717, 1.165) is 88.4 Å². The monoisotopic (exact) mass is 997 g/mol. The van der Waals surface area contributed by atoms with Crippen LogP contribution in [0.5, 0.6) is 0 Å². The van der Waals surface area contributed by atoms with Gasteiger partial charge < -0.3 is 9.13 Å². The van der Waals surface area contributed by atoms with Crippen LogP contribution in [-0.4, -0.2) is 35.9 Å². The molecule has 71 heavy (non-hydrogen) atoms. The highest BCUT2D eigenvalue weighted by molar-refractivity contribution is 7.91. The van der Waals surface area contributed by atoms with Crippen molar-refractivity contribution in [1.82, 2.24) is 19.1 Å². The van der Waals surface area contributed by atoms with E-state index in [4.69, 9.17) is 23.2 Å². The Balaban J connectivity index is 1.10. The lowest BCUT2D eigenvalue weighted by molar-refractivity contribution is -0.289. The fraction of sp³-hybridized carbons (Fsp3) is 0.0169. The van der Waals surface area contributed by atoms with Crippen molar-refractivity contribution in [2.45, 2.75) is 25.3 Å². The molecule has 8 aromatic carbocycles. The Hall–Kier alpha value is -7.86. The number of nitrogens with zero attached hydrogens (tertiary/aromatic N) is 4. The highest BCUT2D eigenvalue weighted by Crippen LogP contribution is 2.64. The lowest BCUT2D eigenvalue weighted by Gasteiger charge is -2.31. The van der Waals surface area contributed by atoms with E-state index in [1.165, 1.54) is 30.6 Å². The Morgan fingerprint density at radius 3 is 1.21 bits per heavy atom. The second-order valence-corrected chi connectivity index (χ2v) is 22.7. The summed E-state index contributed by atoms with van der Waals surface area (Å²) in [6.45, 7) is 0. The molecule has 2 aliphatic carbocycles.